The van der Waals surface area contributed by atoms with Crippen molar-refractivity contribution in [1.82, 2.24) is 14.5 Å². The topological polar surface area (TPSA) is 80.1 Å². The summed E-state index contributed by atoms with van der Waals surface area (Å²) in [6, 6.07) is 5.29. The fourth-order valence-corrected chi connectivity index (χ4v) is 5.21. The molecule has 0 saturated heterocycles. The second kappa shape index (κ2) is 10.0. The van der Waals surface area contributed by atoms with Crippen molar-refractivity contribution in [2.45, 2.75) is 45.8 Å². The maximum Gasteiger partial charge on any atom is 0.274 e. The third-order valence-corrected chi connectivity index (χ3v) is 7.21. The molecule has 3 rings (SSSR count). The number of amides is 1. The molecule has 2 heterocycles. The van der Waals surface area contributed by atoms with Gasteiger partial charge < -0.3 is 10.2 Å². The minimum Gasteiger partial charge on any atom is -0.349 e. The molecule has 10 heteroatoms. The maximum atomic E-state index is 13.2. The van der Waals surface area contributed by atoms with Gasteiger partial charge in [-0.05, 0) is 52.3 Å². The van der Waals surface area contributed by atoms with Gasteiger partial charge in [0.15, 0.2) is 15.9 Å². The molecular formula is C21H26ClN5O2S2. The summed E-state index contributed by atoms with van der Waals surface area (Å²) in [4.78, 5) is 36.9. The van der Waals surface area contributed by atoms with E-state index in [-0.39, 0.29) is 23.3 Å². The smallest absolute Gasteiger partial charge is 0.274 e. The molecule has 0 radical (unpaired) electrons. The summed E-state index contributed by atoms with van der Waals surface area (Å²) >= 11 is 8.72. The van der Waals surface area contributed by atoms with E-state index in [1.54, 1.807) is 10.6 Å². The molecule has 0 bridgehead atoms. The van der Waals surface area contributed by atoms with Crippen LogP contribution >= 0.6 is 34.7 Å². The standard InChI is InChI=1S/C21H26ClN5O2S2/c1-6-26(7-2)20-24-18-17(31-20)19(29)27(12(3)4)21(25-18)30-11-16(28)23-14-9-8-13(5)15(22)10-14/h8-10,12H,6-7,11H2,1-5H3,(H,23,28). The third-order valence-electron chi connectivity index (χ3n) is 4.76. The molecule has 7 nitrogen and oxygen atoms in total. The van der Waals surface area contributed by atoms with Gasteiger partial charge >= 0.3 is 0 Å². The Hall–Kier alpha value is -2.10. The molecule has 0 aliphatic carbocycles. The molecule has 0 aliphatic heterocycles. The molecule has 1 N–H and O–H groups in total. The second-order valence-electron chi connectivity index (χ2n) is 7.29. The molecule has 1 amide bonds. The summed E-state index contributed by atoms with van der Waals surface area (Å²) in [5.41, 5.74) is 1.89. The first-order valence-corrected chi connectivity index (χ1v) is 12.3. The van der Waals surface area contributed by atoms with Gasteiger partial charge in [-0.15, -0.1) is 0 Å². The zero-order valence-corrected chi connectivity index (χ0v) is 20.6. The summed E-state index contributed by atoms with van der Waals surface area (Å²) in [6.07, 6.45) is 0. The van der Waals surface area contributed by atoms with Gasteiger partial charge in [0.05, 0.1) is 5.75 Å². The Labute approximate surface area is 194 Å². The summed E-state index contributed by atoms with van der Waals surface area (Å²) in [7, 11) is 0. The zero-order chi connectivity index (χ0) is 22.7. The van der Waals surface area contributed by atoms with Gasteiger partial charge in [-0.1, -0.05) is 40.8 Å². The van der Waals surface area contributed by atoms with Crippen molar-refractivity contribution >= 4 is 61.8 Å². The van der Waals surface area contributed by atoms with E-state index in [1.165, 1.54) is 23.1 Å². The Morgan fingerprint density at radius 3 is 2.61 bits per heavy atom. The van der Waals surface area contributed by atoms with Crippen LogP contribution in [-0.2, 0) is 4.79 Å². The highest BCUT2D eigenvalue weighted by Crippen LogP contribution is 2.28. The maximum absolute atomic E-state index is 13.2. The first-order valence-electron chi connectivity index (χ1n) is 10.1. The molecular weight excluding hydrogens is 454 g/mol. The molecule has 0 unspecified atom stereocenters. The van der Waals surface area contributed by atoms with Crippen LogP contribution < -0.4 is 15.8 Å². The van der Waals surface area contributed by atoms with E-state index >= 15 is 0 Å². The molecule has 0 aliphatic rings. The van der Waals surface area contributed by atoms with Crippen LogP contribution in [0.4, 0.5) is 10.8 Å². The highest BCUT2D eigenvalue weighted by molar-refractivity contribution is 7.99. The molecule has 166 valence electrons. The molecule has 0 atom stereocenters. The first-order chi connectivity index (χ1) is 14.7. The van der Waals surface area contributed by atoms with Gasteiger partial charge in [0, 0.05) is 29.8 Å². The number of carbonyl (C=O) groups excluding carboxylic acids is 1. The van der Waals surface area contributed by atoms with Crippen LogP contribution in [0.2, 0.25) is 5.02 Å². The van der Waals surface area contributed by atoms with Crippen LogP contribution in [0.1, 0.15) is 39.3 Å². The van der Waals surface area contributed by atoms with Gasteiger partial charge in [0.25, 0.3) is 5.56 Å². The van der Waals surface area contributed by atoms with Gasteiger partial charge in [-0.2, -0.15) is 4.98 Å². The Kier molecular flexibility index (Phi) is 7.61. The second-order valence-corrected chi connectivity index (χ2v) is 9.61. The molecule has 0 fully saturated rings. The number of thioether (sulfide) groups is 1. The van der Waals surface area contributed by atoms with E-state index in [4.69, 9.17) is 11.6 Å². The lowest BCUT2D eigenvalue weighted by Gasteiger charge is -2.15. The first kappa shape index (κ1) is 23.6. The number of hydrogen-bond donors (Lipinski definition) is 1. The van der Waals surface area contributed by atoms with Crippen LogP contribution in [0.25, 0.3) is 10.3 Å². The summed E-state index contributed by atoms with van der Waals surface area (Å²) < 4.78 is 2.17. The quantitative estimate of drug-likeness (QED) is 0.363. The van der Waals surface area contributed by atoms with Crippen LogP contribution in [0.15, 0.2) is 28.2 Å². The van der Waals surface area contributed by atoms with Crippen molar-refractivity contribution in [3.63, 3.8) is 0 Å². The fourth-order valence-electron chi connectivity index (χ4n) is 3.04. The lowest BCUT2D eigenvalue weighted by Crippen LogP contribution is -2.25. The van der Waals surface area contributed by atoms with Crippen molar-refractivity contribution in [3.8, 4) is 0 Å². The number of rotatable bonds is 8. The molecule has 31 heavy (non-hydrogen) atoms. The third kappa shape index (κ3) is 5.22. The minimum absolute atomic E-state index is 0.0927. The number of aryl methyl sites for hydroxylation is 1. The SMILES string of the molecule is CCN(CC)c1nc2nc(SCC(=O)Nc3ccc(C)c(Cl)c3)n(C(C)C)c(=O)c2s1. The monoisotopic (exact) mass is 479 g/mol. The van der Waals surface area contributed by atoms with Crippen molar-refractivity contribution in [2.24, 2.45) is 0 Å². The Bertz CT molecular complexity index is 1150. The van der Waals surface area contributed by atoms with Crippen LogP contribution in [-0.4, -0.2) is 39.3 Å². The number of anilines is 2. The van der Waals surface area contributed by atoms with E-state index in [2.05, 4.69) is 34.0 Å². The number of fused-ring (bicyclic) bond motifs is 1. The summed E-state index contributed by atoms with van der Waals surface area (Å²) in [5, 5.41) is 4.71. The summed E-state index contributed by atoms with van der Waals surface area (Å²) in [6.45, 7) is 11.5. The van der Waals surface area contributed by atoms with E-state index < -0.39 is 0 Å². The Morgan fingerprint density at radius 2 is 2.00 bits per heavy atom. The van der Waals surface area contributed by atoms with Crippen molar-refractivity contribution in [3.05, 3.63) is 39.1 Å². The number of thiazole rings is 1. The van der Waals surface area contributed by atoms with Crippen molar-refractivity contribution in [1.29, 1.82) is 0 Å². The Balaban J connectivity index is 1.86. The Morgan fingerprint density at radius 1 is 1.29 bits per heavy atom. The number of carbonyl (C=O) groups is 1. The predicted molar refractivity (Wildman–Crippen MR) is 131 cm³/mol. The zero-order valence-electron chi connectivity index (χ0n) is 18.2. The summed E-state index contributed by atoms with van der Waals surface area (Å²) in [5.74, 6) is -0.0832. The van der Waals surface area contributed by atoms with Gasteiger partial charge in [0.2, 0.25) is 5.91 Å². The van der Waals surface area contributed by atoms with Gasteiger partial charge in [-0.25, -0.2) is 4.98 Å². The highest BCUT2D eigenvalue weighted by Gasteiger charge is 2.20. The van der Waals surface area contributed by atoms with E-state index in [0.717, 1.165) is 23.8 Å². The number of hydrogen-bond acceptors (Lipinski definition) is 7. The van der Waals surface area contributed by atoms with E-state index in [0.29, 0.717) is 26.2 Å². The minimum atomic E-state index is -0.198. The van der Waals surface area contributed by atoms with Gasteiger partial charge in [0.1, 0.15) is 4.70 Å². The lowest BCUT2D eigenvalue weighted by molar-refractivity contribution is -0.113. The number of nitrogens with one attached hydrogen (secondary N) is 1. The molecule has 3 aromatic rings. The number of halogens is 1. The van der Waals surface area contributed by atoms with Crippen LogP contribution in [0.5, 0.6) is 0 Å². The van der Waals surface area contributed by atoms with E-state index in [1.807, 2.05) is 32.9 Å². The van der Waals surface area contributed by atoms with Crippen LogP contribution in [0.3, 0.4) is 0 Å². The number of aromatic nitrogens is 3. The van der Waals surface area contributed by atoms with E-state index in [9.17, 15) is 9.59 Å². The molecule has 1 aromatic carbocycles. The molecule has 0 saturated carbocycles. The number of benzene rings is 1. The average Bonchev–Trinajstić information content (AvgIpc) is 3.14. The average molecular weight is 480 g/mol. The van der Waals surface area contributed by atoms with Crippen LogP contribution in [0, 0.1) is 6.92 Å². The molecule has 0 spiro atoms. The fraction of sp³-hybridized carbons (Fsp3) is 0.429. The van der Waals surface area contributed by atoms with Crippen molar-refractivity contribution < 1.29 is 4.79 Å². The normalized spacial score (nSPS) is 11.3. The predicted octanol–water partition coefficient (Wildman–Crippen LogP) is 4.97. The molecule has 2 aromatic heterocycles. The van der Waals surface area contributed by atoms with Gasteiger partial charge in [-0.3, -0.25) is 14.2 Å². The largest absolute Gasteiger partial charge is 0.349 e. The lowest BCUT2D eigenvalue weighted by atomic mass is 10.2. The highest BCUT2D eigenvalue weighted by atomic mass is 35.5. The van der Waals surface area contributed by atoms with Crippen molar-refractivity contribution in [2.75, 3.05) is 29.1 Å². The number of nitrogens with zero attached hydrogens (tertiary/aromatic N) is 4.